The van der Waals surface area contributed by atoms with E-state index in [1.165, 1.54) is 19.3 Å². The fourth-order valence-electron chi connectivity index (χ4n) is 2.02. The second-order valence-corrected chi connectivity index (χ2v) is 3.79. The summed E-state index contributed by atoms with van der Waals surface area (Å²) in [4.78, 5) is 11.4. The van der Waals surface area contributed by atoms with Crippen molar-refractivity contribution in [2.45, 2.75) is 32.1 Å². The Morgan fingerprint density at radius 3 is 3.25 bits per heavy atom. The molecular formula is C10H15NO. The van der Waals surface area contributed by atoms with Crippen molar-refractivity contribution < 1.29 is 4.79 Å². The molecule has 1 aliphatic carbocycles. The van der Waals surface area contributed by atoms with E-state index in [1.807, 2.05) is 0 Å². The predicted molar refractivity (Wildman–Crippen MR) is 47.7 cm³/mol. The van der Waals surface area contributed by atoms with Crippen LogP contribution >= 0.6 is 0 Å². The topological polar surface area (TPSA) is 29.1 Å². The van der Waals surface area contributed by atoms with Crippen LogP contribution in [0.15, 0.2) is 11.6 Å². The highest BCUT2D eigenvalue weighted by Gasteiger charge is 2.19. The maximum atomic E-state index is 11.4. The predicted octanol–water partition coefficient (Wildman–Crippen LogP) is 1.62. The van der Waals surface area contributed by atoms with Gasteiger partial charge in [0.05, 0.1) is 0 Å². The standard InChI is InChI=1S/C10H15NO/c12-10-9-4-2-1-3-8(5-6-9)7-11-10/h6,8H,1-5,7H2,(H,11,12). The molecule has 0 saturated carbocycles. The van der Waals surface area contributed by atoms with Gasteiger partial charge < -0.3 is 5.32 Å². The van der Waals surface area contributed by atoms with Gasteiger partial charge in [-0.1, -0.05) is 12.5 Å². The molecule has 2 aliphatic rings. The third-order valence-corrected chi connectivity index (χ3v) is 2.85. The summed E-state index contributed by atoms with van der Waals surface area (Å²) in [5.74, 6) is 0.881. The van der Waals surface area contributed by atoms with Gasteiger partial charge in [-0.3, -0.25) is 4.79 Å². The quantitative estimate of drug-likeness (QED) is 0.580. The molecular weight excluding hydrogens is 150 g/mol. The maximum absolute atomic E-state index is 11.4. The van der Waals surface area contributed by atoms with Crippen molar-refractivity contribution >= 4 is 5.91 Å². The number of carbonyl (C=O) groups excluding carboxylic acids is 1. The van der Waals surface area contributed by atoms with E-state index in [0.717, 1.165) is 25.0 Å². The highest BCUT2D eigenvalue weighted by molar-refractivity contribution is 5.93. The SMILES string of the molecule is O=C1NCC2CC=C1CCCC2. The zero-order valence-electron chi connectivity index (χ0n) is 7.31. The van der Waals surface area contributed by atoms with Gasteiger partial charge in [-0.05, 0) is 31.6 Å². The Bertz CT molecular complexity index is 220. The molecule has 0 saturated heterocycles. The fraction of sp³-hybridized carbons (Fsp3) is 0.700. The van der Waals surface area contributed by atoms with Crippen molar-refractivity contribution in [1.82, 2.24) is 5.32 Å². The van der Waals surface area contributed by atoms with E-state index in [2.05, 4.69) is 11.4 Å². The number of hydrogen-bond donors (Lipinski definition) is 1. The molecule has 0 radical (unpaired) electrons. The van der Waals surface area contributed by atoms with Gasteiger partial charge in [0.25, 0.3) is 0 Å². The molecule has 2 heteroatoms. The molecule has 1 atom stereocenters. The first kappa shape index (κ1) is 7.84. The van der Waals surface area contributed by atoms with Crippen molar-refractivity contribution in [3.63, 3.8) is 0 Å². The van der Waals surface area contributed by atoms with E-state index >= 15 is 0 Å². The third kappa shape index (κ3) is 1.52. The highest BCUT2D eigenvalue weighted by atomic mass is 16.1. The zero-order chi connectivity index (χ0) is 8.39. The maximum Gasteiger partial charge on any atom is 0.246 e. The lowest BCUT2D eigenvalue weighted by Gasteiger charge is -2.12. The monoisotopic (exact) mass is 165 g/mol. The summed E-state index contributed by atoms with van der Waals surface area (Å²) >= 11 is 0. The molecule has 66 valence electrons. The first-order valence-electron chi connectivity index (χ1n) is 4.83. The van der Waals surface area contributed by atoms with Crippen LogP contribution in [0.3, 0.4) is 0 Å². The van der Waals surface area contributed by atoms with Crippen molar-refractivity contribution in [2.75, 3.05) is 6.54 Å². The van der Waals surface area contributed by atoms with Crippen molar-refractivity contribution in [3.05, 3.63) is 11.6 Å². The van der Waals surface area contributed by atoms with Crippen LogP contribution in [0.1, 0.15) is 32.1 Å². The molecule has 0 aromatic heterocycles. The molecule has 1 amide bonds. The molecule has 12 heavy (non-hydrogen) atoms. The van der Waals surface area contributed by atoms with Gasteiger partial charge in [-0.15, -0.1) is 0 Å². The minimum absolute atomic E-state index is 0.180. The second kappa shape index (κ2) is 3.30. The molecule has 2 rings (SSSR count). The summed E-state index contributed by atoms with van der Waals surface area (Å²) < 4.78 is 0. The van der Waals surface area contributed by atoms with Crippen molar-refractivity contribution in [3.8, 4) is 0 Å². The van der Waals surface area contributed by atoms with Crippen LogP contribution < -0.4 is 5.32 Å². The van der Waals surface area contributed by atoms with Crippen LogP contribution in [-0.2, 0) is 4.79 Å². The number of fused-ring (bicyclic) bond motifs is 2. The Balaban J connectivity index is 2.19. The van der Waals surface area contributed by atoms with E-state index in [9.17, 15) is 4.79 Å². The molecule has 0 aromatic rings. The molecule has 0 fully saturated rings. The van der Waals surface area contributed by atoms with Gasteiger partial charge >= 0.3 is 0 Å². The van der Waals surface area contributed by atoms with Gasteiger partial charge in [0.1, 0.15) is 0 Å². The Morgan fingerprint density at radius 2 is 2.33 bits per heavy atom. The summed E-state index contributed by atoms with van der Waals surface area (Å²) in [5, 5.41) is 2.98. The summed E-state index contributed by atoms with van der Waals surface area (Å²) in [6.45, 7) is 0.888. The summed E-state index contributed by atoms with van der Waals surface area (Å²) in [6, 6.07) is 0. The van der Waals surface area contributed by atoms with E-state index in [-0.39, 0.29) is 5.91 Å². The third-order valence-electron chi connectivity index (χ3n) is 2.85. The number of amides is 1. The van der Waals surface area contributed by atoms with Crippen molar-refractivity contribution in [2.24, 2.45) is 5.92 Å². The highest BCUT2D eigenvalue weighted by Crippen LogP contribution is 2.23. The molecule has 0 aromatic carbocycles. The van der Waals surface area contributed by atoms with Gasteiger partial charge in [0, 0.05) is 12.1 Å². The molecule has 0 spiro atoms. The van der Waals surface area contributed by atoms with E-state index < -0.39 is 0 Å². The Kier molecular flexibility index (Phi) is 2.15. The summed E-state index contributed by atoms with van der Waals surface area (Å²) in [7, 11) is 0. The molecule has 2 bridgehead atoms. The van der Waals surface area contributed by atoms with Crippen molar-refractivity contribution in [1.29, 1.82) is 0 Å². The lowest BCUT2D eigenvalue weighted by molar-refractivity contribution is -0.117. The Morgan fingerprint density at radius 1 is 1.42 bits per heavy atom. The Hall–Kier alpha value is -0.790. The fourth-order valence-corrected chi connectivity index (χ4v) is 2.02. The van der Waals surface area contributed by atoms with Crippen LogP contribution in [0.2, 0.25) is 0 Å². The smallest absolute Gasteiger partial charge is 0.246 e. The number of carbonyl (C=O) groups is 1. The van der Waals surface area contributed by atoms with Crippen LogP contribution in [-0.4, -0.2) is 12.5 Å². The Labute approximate surface area is 73.0 Å². The lowest BCUT2D eigenvalue weighted by atomic mass is 9.93. The normalized spacial score (nSPS) is 29.8. The minimum atomic E-state index is 0.180. The zero-order valence-corrected chi connectivity index (χ0v) is 7.31. The first-order valence-corrected chi connectivity index (χ1v) is 4.83. The minimum Gasteiger partial charge on any atom is -0.352 e. The largest absolute Gasteiger partial charge is 0.352 e. The van der Waals surface area contributed by atoms with Gasteiger partial charge in [-0.2, -0.15) is 0 Å². The van der Waals surface area contributed by atoms with Gasteiger partial charge in [-0.25, -0.2) is 0 Å². The second-order valence-electron chi connectivity index (χ2n) is 3.79. The van der Waals surface area contributed by atoms with Crippen LogP contribution in [0.4, 0.5) is 0 Å². The average Bonchev–Trinajstić information content (AvgIpc) is 2.12. The van der Waals surface area contributed by atoms with Crippen LogP contribution in [0.5, 0.6) is 0 Å². The molecule has 1 N–H and O–H groups in total. The van der Waals surface area contributed by atoms with E-state index in [0.29, 0.717) is 5.92 Å². The molecule has 1 unspecified atom stereocenters. The molecule has 1 aliphatic heterocycles. The van der Waals surface area contributed by atoms with E-state index in [4.69, 9.17) is 0 Å². The summed E-state index contributed by atoms with van der Waals surface area (Å²) in [5.41, 5.74) is 1.03. The van der Waals surface area contributed by atoms with Gasteiger partial charge in [0.2, 0.25) is 5.91 Å². The molecule has 1 heterocycles. The van der Waals surface area contributed by atoms with Crippen LogP contribution in [0.25, 0.3) is 0 Å². The number of rotatable bonds is 0. The summed E-state index contributed by atoms with van der Waals surface area (Å²) in [6.07, 6.45) is 8.00. The molecule has 2 nitrogen and oxygen atoms in total. The average molecular weight is 165 g/mol. The van der Waals surface area contributed by atoms with E-state index in [1.54, 1.807) is 0 Å². The first-order chi connectivity index (χ1) is 5.86. The lowest BCUT2D eigenvalue weighted by Crippen LogP contribution is -2.27. The van der Waals surface area contributed by atoms with Crippen LogP contribution in [0, 0.1) is 5.92 Å². The number of allylic oxidation sites excluding steroid dienone is 1. The number of nitrogens with one attached hydrogen (secondary N) is 1. The van der Waals surface area contributed by atoms with Gasteiger partial charge in [0.15, 0.2) is 0 Å². The number of hydrogen-bond acceptors (Lipinski definition) is 1.